The number of hydrogen-bond donors (Lipinski definition) is 2. The fourth-order valence-corrected chi connectivity index (χ4v) is 4.27. The summed E-state index contributed by atoms with van der Waals surface area (Å²) in [6, 6.07) is 11.0. The molecule has 0 saturated heterocycles. The van der Waals surface area contributed by atoms with Crippen molar-refractivity contribution in [2.45, 2.75) is 38.8 Å². The lowest BCUT2D eigenvalue weighted by Crippen LogP contribution is -2.08. The minimum Gasteiger partial charge on any atom is -0.393 e. The Balaban J connectivity index is 1.62. The number of fused-ring (bicyclic) bond motifs is 2. The molecule has 132 valence electrons. The van der Waals surface area contributed by atoms with E-state index in [9.17, 15) is 5.11 Å². The van der Waals surface area contributed by atoms with Gasteiger partial charge in [-0.05, 0) is 49.4 Å². The van der Waals surface area contributed by atoms with E-state index in [-0.39, 0.29) is 6.10 Å². The topological polar surface area (TPSA) is 66.7 Å². The number of rotatable bonds is 2. The summed E-state index contributed by atoms with van der Waals surface area (Å²) >= 11 is 0. The second-order valence-electron chi connectivity index (χ2n) is 7.63. The van der Waals surface area contributed by atoms with Crippen LogP contribution in [-0.2, 0) is 0 Å². The van der Waals surface area contributed by atoms with Gasteiger partial charge in [-0.1, -0.05) is 19.1 Å². The minimum atomic E-state index is -0.226. The summed E-state index contributed by atoms with van der Waals surface area (Å²) in [5, 5.41) is 12.4. The average Bonchev–Trinajstić information content (AvgIpc) is 3.31. The van der Waals surface area contributed by atoms with Crippen LogP contribution in [-0.4, -0.2) is 30.7 Å². The second-order valence-corrected chi connectivity index (χ2v) is 7.63. The molecule has 1 aliphatic rings. The predicted molar refractivity (Wildman–Crippen MR) is 103 cm³/mol. The molecule has 5 rings (SSSR count). The molecule has 3 heterocycles. The number of benzene rings is 1. The lowest BCUT2D eigenvalue weighted by Gasteiger charge is -2.13. The Morgan fingerprint density at radius 2 is 2.04 bits per heavy atom. The van der Waals surface area contributed by atoms with E-state index in [1.807, 2.05) is 0 Å². The molecule has 4 aromatic rings. The molecule has 1 aliphatic carbocycles. The van der Waals surface area contributed by atoms with Gasteiger partial charge in [0.2, 0.25) is 0 Å². The number of nitrogens with one attached hydrogen (secondary N) is 1. The maximum Gasteiger partial charge on any atom is 0.144 e. The third kappa shape index (κ3) is 2.35. The van der Waals surface area contributed by atoms with Gasteiger partial charge in [0.05, 0.1) is 17.5 Å². The van der Waals surface area contributed by atoms with Crippen molar-refractivity contribution in [3.05, 3.63) is 48.4 Å². The Morgan fingerprint density at radius 3 is 2.85 bits per heavy atom. The lowest BCUT2D eigenvalue weighted by atomic mass is 10.1. The summed E-state index contributed by atoms with van der Waals surface area (Å²) in [5.74, 6) is 0.329. The van der Waals surface area contributed by atoms with Crippen LogP contribution in [0.1, 0.15) is 31.4 Å². The van der Waals surface area contributed by atoms with Gasteiger partial charge in [-0.15, -0.1) is 0 Å². The van der Waals surface area contributed by atoms with Gasteiger partial charge in [0.1, 0.15) is 12.0 Å². The fourth-order valence-electron chi connectivity index (χ4n) is 4.27. The van der Waals surface area contributed by atoms with E-state index < -0.39 is 0 Å². The van der Waals surface area contributed by atoms with Crippen molar-refractivity contribution in [1.82, 2.24) is 19.5 Å². The summed E-state index contributed by atoms with van der Waals surface area (Å²) in [5.41, 5.74) is 5.23. The Morgan fingerprint density at radius 1 is 1.15 bits per heavy atom. The predicted octanol–water partition coefficient (Wildman–Crippen LogP) is 4.22. The van der Waals surface area contributed by atoms with Gasteiger partial charge >= 0.3 is 0 Å². The molecule has 0 spiro atoms. The van der Waals surface area contributed by atoms with E-state index in [1.54, 1.807) is 6.33 Å². The largest absolute Gasteiger partial charge is 0.393 e. The highest BCUT2D eigenvalue weighted by Gasteiger charge is 2.31. The van der Waals surface area contributed by atoms with Gasteiger partial charge in [-0.2, -0.15) is 0 Å². The van der Waals surface area contributed by atoms with Crippen molar-refractivity contribution < 1.29 is 5.11 Å². The van der Waals surface area contributed by atoms with Crippen molar-refractivity contribution in [2.24, 2.45) is 5.92 Å². The molecule has 1 fully saturated rings. The van der Waals surface area contributed by atoms with E-state index in [4.69, 9.17) is 0 Å². The number of hydrogen-bond acceptors (Lipinski definition) is 3. The number of aromatic nitrogens is 4. The first-order valence-electron chi connectivity index (χ1n) is 9.19. The van der Waals surface area contributed by atoms with Gasteiger partial charge < -0.3 is 14.7 Å². The zero-order valence-electron chi connectivity index (χ0n) is 15.0. The Bertz CT molecular complexity index is 1100. The number of nitrogens with zero attached hydrogens (tertiary/aromatic N) is 3. The monoisotopic (exact) mass is 346 g/mol. The Kier molecular flexibility index (Phi) is 3.40. The third-order valence-electron chi connectivity index (χ3n) is 5.75. The first-order valence-corrected chi connectivity index (χ1v) is 9.19. The van der Waals surface area contributed by atoms with E-state index in [0.717, 1.165) is 40.8 Å². The van der Waals surface area contributed by atoms with Crippen molar-refractivity contribution in [3.63, 3.8) is 0 Å². The number of aliphatic hydroxyl groups excluding tert-OH is 1. The van der Waals surface area contributed by atoms with Crippen molar-refractivity contribution in [3.8, 4) is 11.4 Å². The van der Waals surface area contributed by atoms with Crippen LogP contribution in [0, 0.1) is 12.8 Å². The molecule has 26 heavy (non-hydrogen) atoms. The van der Waals surface area contributed by atoms with Gasteiger partial charge in [-0.25, -0.2) is 9.97 Å². The first kappa shape index (κ1) is 15.6. The van der Waals surface area contributed by atoms with Gasteiger partial charge in [-0.3, -0.25) is 0 Å². The second kappa shape index (κ2) is 5.68. The summed E-state index contributed by atoms with van der Waals surface area (Å²) in [7, 11) is 0. The van der Waals surface area contributed by atoms with Crippen molar-refractivity contribution >= 4 is 21.9 Å². The highest BCUT2D eigenvalue weighted by molar-refractivity contribution is 5.94. The highest BCUT2D eigenvalue weighted by atomic mass is 16.3. The standard InChI is InChI=1S/C21H22N4O/c1-12-3-4-14-9-18(24-17(14)7-12)20-16-5-6-25(21(16)23-11-22-20)15-8-13(2)19(26)10-15/h3-7,9,11,13,15,19,24,26H,8,10H2,1-2H3/t13-,15+,19-/m0/s1. The normalized spacial score (nSPS) is 23.3. The quantitative estimate of drug-likeness (QED) is 0.571. The zero-order chi connectivity index (χ0) is 17.8. The number of aromatic amines is 1. The van der Waals surface area contributed by atoms with E-state index in [0.29, 0.717) is 12.0 Å². The van der Waals surface area contributed by atoms with Crippen LogP contribution in [0.25, 0.3) is 33.3 Å². The number of aliphatic hydroxyl groups is 1. The van der Waals surface area contributed by atoms with E-state index >= 15 is 0 Å². The Hall–Kier alpha value is -2.66. The van der Waals surface area contributed by atoms with E-state index in [1.165, 1.54) is 10.9 Å². The highest BCUT2D eigenvalue weighted by Crippen LogP contribution is 2.37. The molecule has 0 amide bonds. The summed E-state index contributed by atoms with van der Waals surface area (Å²) in [6.45, 7) is 4.21. The van der Waals surface area contributed by atoms with Gasteiger partial charge in [0, 0.05) is 28.5 Å². The lowest BCUT2D eigenvalue weighted by molar-refractivity contribution is 0.139. The van der Waals surface area contributed by atoms with Crippen LogP contribution < -0.4 is 0 Å². The van der Waals surface area contributed by atoms with Gasteiger partial charge in [0.25, 0.3) is 0 Å². The molecular weight excluding hydrogens is 324 g/mol. The third-order valence-corrected chi connectivity index (χ3v) is 5.75. The zero-order valence-corrected chi connectivity index (χ0v) is 15.0. The average molecular weight is 346 g/mol. The molecule has 3 atom stereocenters. The number of H-pyrrole nitrogens is 1. The molecule has 5 nitrogen and oxygen atoms in total. The molecule has 3 aromatic heterocycles. The molecule has 2 N–H and O–H groups in total. The van der Waals surface area contributed by atoms with E-state index in [2.05, 4.69) is 69.9 Å². The number of aryl methyl sites for hydroxylation is 1. The van der Waals surface area contributed by atoms with Crippen molar-refractivity contribution in [1.29, 1.82) is 0 Å². The fraction of sp³-hybridized carbons (Fsp3) is 0.333. The smallest absolute Gasteiger partial charge is 0.144 e. The Labute approximate surface area is 151 Å². The molecule has 1 saturated carbocycles. The van der Waals surface area contributed by atoms with Gasteiger partial charge in [0.15, 0.2) is 0 Å². The van der Waals surface area contributed by atoms with Crippen LogP contribution in [0.3, 0.4) is 0 Å². The van der Waals surface area contributed by atoms with Crippen molar-refractivity contribution in [2.75, 3.05) is 0 Å². The first-order chi connectivity index (χ1) is 12.6. The van der Waals surface area contributed by atoms with Crippen LogP contribution in [0.15, 0.2) is 42.9 Å². The van der Waals surface area contributed by atoms with Crippen LogP contribution >= 0.6 is 0 Å². The minimum absolute atomic E-state index is 0.226. The molecule has 0 radical (unpaired) electrons. The molecule has 0 aliphatic heterocycles. The summed E-state index contributed by atoms with van der Waals surface area (Å²) in [4.78, 5) is 12.6. The molecule has 0 unspecified atom stereocenters. The molecule has 0 bridgehead atoms. The SMILES string of the molecule is Cc1ccc2cc(-c3ncnc4c3ccn4[C@@H]3C[C@H](C)[C@@H](O)C3)[nH]c2c1. The van der Waals surface area contributed by atoms with Crippen LogP contribution in [0.4, 0.5) is 0 Å². The molecule has 1 aromatic carbocycles. The molecular formula is C21H22N4O. The van der Waals surface area contributed by atoms with Crippen LogP contribution in [0.2, 0.25) is 0 Å². The summed E-state index contributed by atoms with van der Waals surface area (Å²) in [6.07, 6.45) is 5.27. The van der Waals surface area contributed by atoms with Crippen LogP contribution in [0.5, 0.6) is 0 Å². The summed E-state index contributed by atoms with van der Waals surface area (Å²) < 4.78 is 2.21. The molecule has 5 heteroatoms. The maximum atomic E-state index is 10.1. The maximum absolute atomic E-state index is 10.1.